The van der Waals surface area contributed by atoms with E-state index >= 15 is 0 Å². The lowest BCUT2D eigenvalue weighted by Gasteiger charge is -1.82. The molecule has 5 heteroatoms. The first-order chi connectivity index (χ1) is 5.36. The van der Waals surface area contributed by atoms with Crippen molar-refractivity contribution < 1.29 is 5.11 Å². The molecule has 56 valence electrons. The lowest BCUT2D eigenvalue weighted by atomic mass is 10.4. The molecule has 0 unspecified atom stereocenters. The maximum atomic E-state index is 8.92. The number of aromatic amines is 1. The SMILES string of the molecule is Oc1csc(-c2cn[nH]c2)n1. The first-order valence-corrected chi connectivity index (χ1v) is 3.88. The van der Waals surface area contributed by atoms with E-state index in [0.29, 0.717) is 0 Å². The fourth-order valence-electron chi connectivity index (χ4n) is 0.766. The molecule has 0 aliphatic rings. The molecule has 2 aromatic rings. The van der Waals surface area contributed by atoms with Crippen LogP contribution in [0.2, 0.25) is 0 Å². The second kappa shape index (κ2) is 2.35. The monoisotopic (exact) mass is 167 g/mol. The minimum absolute atomic E-state index is 0.0613. The molecule has 2 aromatic heterocycles. The zero-order valence-electron chi connectivity index (χ0n) is 5.48. The topological polar surface area (TPSA) is 61.8 Å². The Morgan fingerprint density at radius 2 is 2.45 bits per heavy atom. The molecule has 0 aromatic carbocycles. The van der Waals surface area contributed by atoms with Gasteiger partial charge in [-0.2, -0.15) is 5.10 Å². The minimum Gasteiger partial charge on any atom is -0.493 e. The molecule has 0 spiro atoms. The summed E-state index contributed by atoms with van der Waals surface area (Å²) in [6.07, 6.45) is 3.40. The highest BCUT2D eigenvalue weighted by Gasteiger charge is 2.02. The second-order valence-electron chi connectivity index (χ2n) is 2.00. The number of aromatic hydroxyl groups is 1. The Balaban J connectivity index is 2.45. The van der Waals surface area contributed by atoms with Gasteiger partial charge in [-0.05, 0) is 0 Å². The average Bonchev–Trinajstić information content (AvgIpc) is 2.55. The lowest BCUT2D eigenvalue weighted by molar-refractivity contribution is 0.458. The molecule has 4 nitrogen and oxygen atoms in total. The predicted octanol–water partition coefficient (Wildman–Crippen LogP) is 1.24. The highest BCUT2D eigenvalue weighted by atomic mass is 32.1. The molecular weight excluding hydrogens is 162 g/mol. The zero-order valence-corrected chi connectivity index (χ0v) is 6.30. The van der Waals surface area contributed by atoms with Crippen molar-refractivity contribution >= 4 is 11.3 Å². The van der Waals surface area contributed by atoms with Gasteiger partial charge < -0.3 is 5.11 Å². The molecule has 0 aliphatic carbocycles. The number of hydrogen-bond donors (Lipinski definition) is 2. The summed E-state index contributed by atoms with van der Waals surface area (Å²) in [7, 11) is 0. The highest BCUT2D eigenvalue weighted by Crippen LogP contribution is 2.24. The Kier molecular flexibility index (Phi) is 1.36. The van der Waals surface area contributed by atoms with Crippen LogP contribution in [0.15, 0.2) is 17.8 Å². The van der Waals surface area contributed by atoms with E-state index in [1.165, 1.54) is 11.3 Å². The summed E-state index contributed by atoms with van der Waals surface area (Å²) in [4.78, 5) is 3.87. The molecule has 11 heavy (non-hydrogen) atoms. The molecule has 0 aliphatic heterocycles. The molecule has 0 amide bonds. The first kappa shape index (κ1) is 6.36. The van der Waals surface area contributed by atoms with Gasteiger partial charge >= 0.3 is 0 Å². The molecule has 0 radical (unpaired) electrons. The molecule has 0 saturated heterocycles. The van der Waals surface area contributed by atoms with Gasteiger partial charge in [-0.15, -0.1) is 11.3 Å². The second-order valence-corrected chi connectivity index (χ2v) is 2.86. The van der Waals surface area contributed by atoms with Crippen molar-refractivity contribution in [3.8, 4) is 16.5 Å². The first-order valence-electron chi connectivity index (χ1n) is 3.00. The van der Waals surface area contributed by atoms with Crippen molar-refractivity contribution in [2.24, 2.45) is 0 Å². The van der Waals surface area contributed by atoms with E-state index in [2.05, 4.69) is 15.2 Å². The standard InChI is InChI=1S/C6H5N3OS/c10-5-3-11-6(9-5)4-1-7-8-2-4/h1-3,10H,(H,7,8). The molecule has 0 bridgehead atoms. The summed E-state index contributed by atoms with van der Waals surface area (Å²) in [6, 6.07) is 0. The molecule has 2 heterocycles. The largest absolute Gasteiger partial charge is 0.493 e. The predicted molar refractivity (Wildman–Crippen MR) is 41.4 cm³/mol. The van der Waals surface area contributed by atoms with Crippen LogP contribution in [0.5, 0.6) is 5.88 Å². The number of H-pyrrole nitrogens is 1. The van der Waals surface area contributed by atoms with Crippen LogP contribution in [0, 0.1) is 0 Å². The summed E-state index contributed by atoms with van der Waals surface area (Å²) in [5.41, 5.74) is 0.898. The Morgan fingerprint density at radius 1 is 1.55 bits per heavy atom. The smallest absolute Gasteiger partial charge is 0.222 e. The molecule has 0 saturated carbocycles. The van der Waals surface area contributed by atoms with E-state index in [1.54, 1.807) is 17.8 Å². The molecule has 2 rings (SSSR count). The Labute approximate surface area is 66.5 Å². The van der Waals surface area contributed by atoms with Crippen LogP contribution in [0.1, 0.15) is 0 Å². The summed E-state index contributed by atoms with van der Waals surface area (Å²) >= 11 is 1.39. The molecule has 0 fully saturated rings. The molecule has 2 N–H and O–H groups in total. The van der Waals surface area contributed by atoms with Crippen LogP contribution < -0.4 is 0 Å². The highest BCUT2D eigenvalue weighted by molar-refractivity contribution is 7.13. The van der Waals surface area contributed by atoms with Crippen molar-refractivity contribution in [2.75, 3.05) is 0 Å². The molecular formula is C6H5N3OS. The number of aromatic nitrogens is 3. The maximum Gasteiger partial charge on any atom is 0.222 e. The van der Waals surface area contributed by atoms with Crippen molar-refractivity contribution in [1.29, 1.82) is 0 Å². The van der Waals surface area contributed by atoms with Gasteiger partial charge in [0.2, 0.25) is 5.88 Å². The number of nitrogens with one attached hydrogen (secondary N) is 1. The van der Waals surface area contributed by atoms with E-state index in [1.807, 2.05) is 0 Å². The van der Waals surface area contributed by atoms with Crippen LogP contribution >= 0.6 is 11.3 Å². The van der Waals surface area contributed by atoms with Crippen LogP contribution in [-0.2, 0) is 0 Å². The number of thiazole rings is 1. The van der Waals surface area contributed by atoms with Crippen molar-refractivity contribution in [3.63, 3.8) is 0 Å². The summed E-state index contributed by atoms with van der Waals surface area (Å²) in [5, 5.41) is 17.7. The van der Waals surface area contributed by atoms with Crippen molar-refractivity contribution in [2.45, 2.75) is 0 Å². The average molecular weight is 167 g/mol. The van der Waals surface area contributed by atoms with E-state index in [4.69, 9.17) is 5.11 Å². The van der Waals surface area contributed by atoms with Gasteiger partial charge in [-0.25, -0.2) is 4.98 Å². The quantitative estimate of drug-likeness (QED) is 0.671. The number of nitrogens with zero attached hydrogens (tertiary/aromatic N) is 2. The van der Waals surface area contributed by atoms with Crippen LogP contribution in [0.3, 0.4) is 0 Å². The lowest BCUT2D eigenvalue weighted by Crippen LogP contribution is -1.68. The van der Waals surface area contributed by atoms with Gasteiger partial charge in [0.25, 0.3) is 0 Å². The van der Waals surface area contributed by atoms with Gasteiger partial charge in [0.1, 0.15) is 5.01 Å². The third-order valence-corrected chi connectivity index (χ3v) is 2.12. The van der Waals surface area contributed by atoms with Crippen molar-refractivity contribution in [1.82, 2.24) is 15.2 Å². The summed E-state index contributed by atoms with van der Waals surface area (Å²) in [5.74, 6) is 0.0613. The zero-order chi connectivity index (χ0) is 7.68. The van der Waals surface area contributed by atoms with Gasteiger partial charge in [0, 0.05) is 11.8 Å². The van der Waals surface area contributed by atoms with Crippen LogP contribution in [-0.4, -0.2) is 20.3 Å². The number of hydrogen-bond acceptors (Lipinski definition) is 4. The Morgan fingerprint density at radius 3 is 3.00 bits per heavy atom. The van der Waals surface area contributed by atoms with E-state index in [9.17, 15) is 0 Å². The fourth-order valence-corrected chi connectivity index (χ4v) is 1.43. The molecule has 0 atom stereocenters. The van der Waals surface area contributed by atoms with Gasteiger partial charge in [-0.3, -0.25) is 5.10 Å². The van der Waals surface area contributed by atoms with Crippen LogP contribution in [0.4, 0.5) is 0 Å². The van der Waals surface area contributed by atoms with E-state index < -0.39 is 0 Å². The minimum atomic E-state index is 0.0613. The van der Waals surface area contributed by atoms with Gasteiger partial charge in [0.15, 0.2) is 0 Å². The summed E-state index contributed by atoms with van der Waals surface area (Å²) < 4.78 is 0. The van der Waals surface area contributed by atoms with Gasteiger partial charge in [-0.1, -0.05) is 0 Å². The van der Waals surface area contributed by atoms with Crippen molar-refractivity contribution in [3.05, 3.63) is 17.8 Å². The maximum absolute atomic E-state index is 8.92. The number of rotatable bonds is 1. The van der Waals surface area contributed by atoms with Crippen LogP contribution in [0.25, 0.3) is 10.6 Å². The third kappa shape index (κ3) is 1.10. The van der Waals surface area contributed by atoms with E-state index in [-0.39, 0.29) is 5.88 Å². The van der Waals surface area contributed by atoms with E-state index in [0.717, 1.165) is 10.6 Å². The Hall–Kier alpha value is -1.36. The third-order valence-electron chi connectivity index (χ3n) is 1.24. The van der Waals surface area contributed by atoms with Gasteiger partial charge in [0.05, 0.1) is 11.6 Å². The summed E-state index contributed by atoms with van der Waals surface area (Å²) in [6.45, 7) is 0. The fraction of sp³-hybridized carbons (Fsp3) is 0. The Bertz CT molecular complexity index is 340. The normalized spacial score (nSPS) is 10.2.